The van der Waals surface area contributed by atoms with E-state index in [9.17, 15) is 4.39 Å². The highest BCUT2D eigenvalue weighted by molar-refractivity contribution is 5.24. The molecule has 21 heavy (non-hydrogen) atoms. The Morgan fingerprint density at radius 2 is 1.95 bits per heavy atom. The third kappa shape index (κ3) is 4.25. The van der Waals surface area contributed by atoms with Gasteiger partial charge in [0.2, 0.25) is 0 Å². The summed E-state index contributed by atoms with van der Waals surface area (Å²) in [6, 6.07) is 5.55. The molecule has 3 rings (SSSR count). The number of rotatable bonds is 6. The Kier molecular flexibility index (Phi) is 4.88. The molecule has 0 radical (unpaired) electrons. The van der Waals surface area contributed by atoms with E-state index in [1.807, 2.05) is 0 Å². The average molecular weight is 292 g/mol. The number of aliphatic hydroxyl groups is 1. The summed E-state index contributed by atoms with van der Waals surface area (Å²) in [6.45, 7) is 4.20. The summed E-state index contributed by atoms with van der Waals surface area (Å²) in [6.07, 6.45) is 5.24. The second-order valence-electron chi connectivity index (χ2n) is 6.48. The number of nitrogens with zero attached hydrogens (tertiary/aromatic N) is 1. The van der Waals surface area contributed by atoms with Gasteiger partial charge in [-0.2, -0.15) is 0 Å². The van der Waals surface area contributed by atoms with E-state index in [2.05, 4.69) is 10.2 Å². The van der Waals surface area contributed by atoms with Gasteiger partial charge in [0.05, 0.1) is 6.61 Å². The van der Waals surface area contributed by atoms with Crippen LogP contribution in [0.5, 0.6) is 0 Å². The van der Waals surface area contributed by atoms with Crippen LogP contribution < -0.4 is 5.32 Å². The number of nitrogens with one attached hydrogen (secondary N) is 1. The lowest BCUT2D eigenvalue weighted by Crippen LogP contribution is -2.42. The molecule has 2 fully saturated rings. The number of hydrogen-bond donors (Lipinski definition) is 2. The second kappa shape index (κ2) is 6.86. The van der Waals surface area contributed by atoms with Gasteiger partial charge in [0.1, 0.15) is 5.82 Å². The van der Waals surface area contributed by atoms with Gasteiger partial charge in [-0.25, -0.2) is 4.39 Å². The van der Waals surface area contributed by atoms with Gasteiger partial charge in [-0.1, -0.05) is 6.07 Å². The van der Waals surface area contributed by atoms with E-state index in [1.165, 1.54) is 51.4 Å². The lowest BCUT2D eigenvalue weighted by Gasteiger charge is -2.32. The van der Waals surface area contributed by atoms with E-state index in [0.29, 0.717) is 11.6 Å². The summed E-state index contributed by atoms with van der Waals surface area (Å²) < 4.78 is 13.3. The van der Waals surface area contributed by atoms with E-state index < -0.39 is 0 Å². The molecule has 0 spiro atoms. The van der Waals surface area contributed by atoms with Crippen LogP contribution in [0.3, 0.4) is 0 Å². The van der Waals surface area contributed by atoms with Gasteiger partial charge in [-0.15, -0.1) is 0 Å². The minimum Gasteiger partial charge on any atom is -0.392 e. The van der Waals surface area contributed by atoms with Crippen molar-refractivity contribution in [3.05, 3.63) is 35.1 Å². The van der Waals surface area contributed by atoms with E-state index in [0.717, 1.165) is 18.0 Å². The molecule has 1 aromatic rings. The van der Waals surface area contributed by atoms with Crippen LogP contribution in [0.1, 0.15) is 36.8 Å². The first-order valence-electron chi connectivity index (χ1n) is 8.08. The molecule has 1 saturated carbocycles. The maximum atomic E-state index is 13.3. The van der Waals surface area contributed by atoms with Crippen LogP contribution in [0, 0.1) is 11.7 Å². The zero-order chi connectivity index (χ0) is 14.7. The van der Waals surface area contributed by atoms with Crippen molar-refractivity contribution < 1.29 is 9.50 Å². The Labute approximate surface area is 126 Å². The fraction of sp³-hybridized carbons (Fsp3) is 0.647. The number of halogens is 1. The molecule has 0 bridgehead atoms. The van der Waals surface area contributed by atoms with Crippen LogP contribution in [0.15, 0.2) is 18.2 Å². The largest absolute Gasteiger partial charge is 0.392 e. The normalized spacial score (nSPS) is 20.9. The number of likely N-dealkylation sites (tertiary alicyclic amines) is 1. The van der Waals surface area contributed by atoms with Crippen molar-refractivity contribution in [3.63, 3.8) is 0 Å². The van der Waals surface area contributed by atoms with Crippen molar-refractivity contribution in [2.24, 2.45) is 5.92 Å². The highest BCUT2D eigenvalue weighted by Gasteiger charge is 2.26. The smallest absolute Gasteiger partial charge is 0.128 e. The molecule has 4 heteroatoms. The molecule has 2 N–H and O–H groups in total. The highest BCUT2D eigenvalue weighted by atomic mass is 19.1. The summed E-state index contributed by atoms with van der Waals surface area (Å²) in [7, 11) is 0. The number of benzene rings is 1. The SMILES string of the molecule is OCc1cc(CNC2CCN(CC3CC3)CC2)ccc1F. The first-order chi connectivity index (χ1) is 10.2. The third-order valence-electron chi connectivity index (χ3n) is 4.68. The fourth-order valence-corrected chi connectivity index (χ4v) is 3.11. The monoisotopic (exact) mass is 292 g/mol. The maximum Gasteiger partial charge on any atom is 0.128 e. The number of piperidine rings is 1. The molecule has 1 aliphatic heterocycles. The molecular weight excluding hydrogens is 267 g/mol. The van der Waals surface area contributed by atoms with Crippen molar-refractivity contribution in [1.82, 2.24) is 10.2 Å². The topological polar surface area (TPSA) is 35.5 Å². The highest BCUT2D eigenvalue weighted by Crippen LogP contribution is 2.30. The molecule has 1 heterocycles. The number of hydrogen-bond acceptors (Lipinski definition) is 3. The Morgan fingerprint density at radius 3 is 2.62 bits per heavy atom. The first kappa shape index (κ1) is 14.9. The molecule has 0 amide bonds. The van der Waals surface area contributed by atoms with E-state index >= 15 is 0 Å². The number of aliphatic hydroxyl groups excluding tert-OH is 1. The summed E-state index contributed by atoms with van der Waals surface area (Å²) in [4.78, 5) is 2.59. The zero-order valence-corrected chi connectivity index (χ0v) is 12.5. The zero-order valence-electron chi connectivity index (χ0n) is 12.5. The van der Waals surface area contributed by atoms with Gasteiger partial charge >= 0.3 is 0 Å². The fourth-order valence-electron chi connectivity index (χ4n) is 3.11. The van der Waals surface area contributed by atoms with Crippen LogP contribution in [0.2, 0.25) is 0 Å². The average Bonchev–Trinajstić information content (AvgIpc) is 3.32. The van der Waals surface area contributed by atoms with Crippen molar-refractivity contribution in [2.45, 2.75) is 44.9 Å². The standard InChI is InChI=1S/C17H25FN2O/c18-17-4-3-14(9-15(17)12-21)10-19-16-5-7-20(8-6-16)11-13-1-2-13/h3-4,9,13,16,19,21H,1-2,5-8,10-12H2. The maximum absolute atomic E-state index is 13.3. The van der Waals surface area contributed by atoms with Gasteiger partial charge in [-0.05, 0) is 62.4 Å². The van der Waals surface area contributed by atoms with Crippen molar-refractivity contribution in [3.8, 4) is 0 Å². The van der Waals surface area contributed by atoms with E-state index in [-0.39, 0.29) is 12.4 Å². The van der Waals surface area contributed by atoms with Crippen LogP contribution in [0.25, 0.3) is 0 Å². The second-order valence-corrected chi connectivity index (χ2v) is 6.48. The Balaban J connectivity index is 1.43. The summed E-state index contributed by atoms with van der Waals surface area (Å²) in [5.41, 5.74) is 1.43. The van der Waals surface area contributed by atoms with Gasteiger partial charge in [0.15, 0.2) is 0 Å². The van der Waals surface area contributed by atoms with E-state index in [4.69, 9.17) is 5.11 Å². The summed E-state index contributed by atoms with van der Waals surface area (Å²) in [5.74, 6) is 0.653. The van der Waals surface area contributed by atoms with Crippen molar-refractivity contribution in [2.75, 3.05) is 19.6 Å². The van der Waals surface area contributed by atoms with Crippen LogP contribution >= 0.6 is 0 Å². The molecule has 3 nitrogen and oxygen atoms in total. The van der Waals surface area contributed by atoms with Crippen molar-refractivity contribution in [1.29, 1.82) is 0 Å². The lowest BCUT2D eigenvalue weighted by atomic mass is 10.0. The minimum atomic E-state index is -0.324. The summed E-state index contributed by atoms with van der Waals surface area (Å²) >= 11 is 0. The molecule has 0 unspecified atom stereocenters. The predicted molar refractivity (Wildman–Crippen MR) is 81.3 cm³/mol. The van der Waals surface area contributed by atoms with Gasteiger partial charge in [0.25, 0.3) is 0 Å². The van der Waals surface area contributed by atoms with Crippen LogP contribution in [-0.2, 0) is 13.2 Å². The molecule has 1 saturated heterocycles. The quantitative estimate of drug-likeness (QED) is 0.844. The lowest BCUT2D eigenvalue weighted by molar-refractivity contribution is 0.190. The third-order valence-corrected chi connectivity index (χ3v) is 4.68. The van der Waals surface area contributed by atoms with Crippen LogP contribution in [-0.4, -0.2) is 35.7 Å². The minimum absolute atomic E-state index is 0.237. The van der Waals surface area contributed by atoms with Gasteiger partial charge < -0.3 is 15.3 Å². The molecule has 116 valence electrons. The summed E-state index contributed by atoms with van der Waals surface area (Å²) in [5, 5.41) is 12.7. The molecule has 1 aromatic carbocycles. The van der Waals surface area contributed by atoms with Gasteiger partial charge in [-0.3, -0.25) is 0 Å². The van der Waals surface area contributed by atoms with Crippen molar-refractivity contribution >= 4 is 0 Å². The Hall–Kier alpha value is -0.970. The molecule has 0 atom stereocenters. The first-order valence-corrected chi connectivity index (χ1v) is 8.08. The van der Waals surface area contributed by atoms with E-state index in [1.54, 1.807) is 12.1 Å². The Morgan fingerprint density at radius 1 is 1.19 bits per heavy atom. The molecule has 1 aliphatic carbocycles. The Bertz CT molecular complexity index is 468. The van der Waals surface area contributed by atoms with Gasteiger partial charge in [0, 0.05) is 24.7 Å². The molecular formula is C17H25FN2O. The van der Waals surface area contributed by atoms with Crippen LogP contribution in [0.4, 0.5) is 4.39 Å². The molecule has 0 aromatic heterocycles. The molecule has 2 aliphatic rings. The predicted octanol–water partition coefficient (Wildman–Crippen LogP) is 2.28.